The average molecular weight is 329 g/mol. The fraction of sp³-hybridized carbons (Fsp3) is 0.471. The zero-order valence-corrected chi connectivity index (χ0v) is 13.6. The van der Waals surface area contributed by atoms with E-state index in [2.05, 4.69) is 20.6 Å². The van der Waals surface area contributed by atoms with Gasteiger partial charge in [-0.05, 0) is 49.3 Å². The molecule has 0 aliphatic heterocycles. The number of urea groups is 1. The van der Waals surface area contributed by atoms with Crippen LogP contribution in [0.1, 0.15) is 31.2 Å². The quantitative estimate of drug-likeness (QED) is 0.777. The van der Waals surface area contributed by atoms with E-state index >= 15 is 0 Å². The van der Waals surface area contributed by atoms with Gasteiger partial charge in [-0.1, -0.05) is 0 Å². The summed E-state index contributed by atoms with van der Waals surface area (Å²) >= 11 is 0. The molecular formula is C17H23N5O2. The van der Waals surface area contributed by atoms with Gasteiger partial charge < -0.3 is 15.7 Å². The van der Waals surface area contributed by atoms with Crippen LogP contribution in [0.25, 0.3) is 5.82 Å². The van der Waals surface area contributed by atoms with Crippen molar-refractivity contribution < 1.29 is 9.90 Å². The lowest BCUT2D eigenvalue weighted by molar-refractivity contribution is 0.174. The molecule has 1 aliphatic carbocycles. The number of aromatic nitrogens is 3. The summed E-state index contributed by atoms with van der Waals surface area (Å²) in [6.45, 7) is 0.697. The van der Waals surface area contributed by atoms with Crippen molar-refractivity contribution in [2.45, 2.75) is 38.3 Å². The van der Waals surface area contributed by atoms with Crippen molar-refractivity contribution in [3.05, 3.63) is 42.6 Å². The van der Waals surface area contributed by atoms with Gasteiger partial charge in [-0.3, -0.25) is 4.57 Å². The molecule has 1 aliphatic rings. The Morgan fingerprint density at radius 3 is 2.83 bits per heavy atom. The molecule has 128 valence electrons. The second-order valence-electron chi connectivity index (χ2n) is 6.22. The lowest BCUT2D eigenvalue weighted by atomic mass is 9.87. The van der Waals surface area contributed by atoms with Gasteiger partial charge in [-0.15, -0.1) is 0 Å². The Kier molecular flexibility index (Phi) is 5.43. The van der Waals surface area contributed by atoms with Crippen molar-refractivity contribution in [2.75, 3.05) is 6.61 Å². The maximum absolute atomic E-state index is 12.0. The van der Waals surface area contributed by atoms with Crippen LogP contribution in [-0.2, 0) is 6.54 Å². The second kappa shape index (κ2) is 7.92. The van der Waals surface area contributed by atoms with Crippen molar-refractivity contribution in [1.29, 1.82) is 0 Å². The topological polar surface area (TPSA) is 92.1 Å². The van der Waals surface area contributed by atoms with Gasteiger partial charge in [0.15, 0.2) is 0 Å². The average Bonchev–Trinajstić information content (AvgIpc) is 3.16. The van der Waals surface area contributed by atoms with Crippen LogP contribution < -0.4 is 10.6 Å². The third-order valence-electron chi connectivity index (χ3n) is 4.47. The highest BCUT2D eigenvalue weighted by Gasteiger charge is 2.21. The molecule has 0 unspecified atom stereocenters. The molecule has 0 spiro atoms. The predicted octanol–water partition coefficient (Wildman–Crippen LogP) is 1.62. The molecule has 0 radical (unpaired) electrons. The van der Waals surface area contributed by atoms with Gasteiger partial charge in [-0.2, -0.15) is 0 Å². The van der Waals surface area contributed by atoms with Crippen LogP contribution in [0.5, 0.6) is 0 Å². The number of aliphatic hydroxyl groups excluding tert-OH is 1. The molecule has 3 N–H and O–H groups in total. The molecule has 2 aromatic rings. The fourth-order valence-electron chi connectivity index (χ4n) is 3.01. The number of hydrogen-bond acceptors (Lipinski definition) is 4. The first-order valence-corrected chi connectivity index (χ1v) is 8.33. The van der Waals surface area contributed by atoms with Gasteiger partial charge >= 0.3 is 6.03 Å². The van der Waals surface area contributed by atoms with E-state index in [0.717, 1.165) is 37.1 Å². The van der Waals surface area contributed by atoms with Gasteiger partial charge in [0.05, 0.1) is 0 Å². The number of carbonyl (C=O) groups excluding carboxylic acids is 1. The van der Waals surface area contributed by atoms with E-state index in [1.807, 2.05) is 22.9 Å². The maximum atomic E-state index is 12.0. The zero-order valence-electron chi connectivity index (χ0n) is 13.6. The third-order valence-corrected chi connectivity index (χ3v) is 4.47. The third kappa shape index (κ3) is 4.32. The molecule has 1 fully saturated rings. The number of nitrogens with one attached hydrogen (secondary N) is 2. The summed E-state index contributed by atoms with van der Waals surface area (Å²) in [5.74, 6) is 1.17. The molecule has 1 saturated carbocycles. The lowest BCUT2D eigenvalue weighted by Gasteiger charge is -2.27. The van der Waals surface area contributed by atoms with Crippen molar-refractivity contribution in [1.82, 2.24) is 25.2 Å². The minimum Gasteiger partial charge on any atom is -0.396 e. The molecule has 0 bridgehead atoms. The predicted molar refractivity (Wildman–Crippen MR) is 89.6 cm³/mol. The molecule has 2 heterocycles. The van der Waals surface area contributed by atoms with E-state index in [1.165, 1.54) is 0 Å². The highest BCUT2D eigenvalue weighted by Crippen LogP contribution is 2.23. The van der Waals surface area contributed by atoms with E-state index in [0.29, 0.717) is 12.5 Å². The molecule has 7 heteroatoms. The van der Waals surface area contributed by atoms with Gasteiger partial charge in [0.1, 0.15) is 12.1 Å². The summed E-state index contributed by atoms with van der Waals surface area (Å²) in [6.07, 6.45) is 10.7. The van der Waals surface area contributed by atoms with Crippen LogP contribution in [0.15, 0.2) is 37.1 Å². The highest BCUT2D eigenvalue weighted by molar-refractivity contribution is 5.74. The Hall–Kier alpha value is -2.41. The van der Waals surface area contributed by atoms with Crippen LogP contribution in [0.3, 0.4) is 0 Å². The SMILES string of the molecule is O=C(NCc1ccnc(-n2ccnc2)c1)NC1CCC(CO)CC1. The van der Waals surface area contributed by atoms with Gasteiger partial charge in [0.2, 0.25) is 0 Å². The van der Waals surface area contributed by atoms with Gasteiger partial charge in [0, 0.05) is 37.8 Å². The summed E-state index contributed by atoms with van der Waals surface area (Å²) in [5.41, 5.74) is 0.979. The number of hydrogen-bond donors (Lipinski definition) is 3. The van der Waals surface area contributed by atoms with Crippen molar-refractivity contribution in [3.63, 3.8) is 0 Å². The number of amides is 2. The smallest absolute Gasteiger partial charge is 0.315 e. The first-order chi connectivity index (χ1) is 11.7. The minimum absolute atomic E-state index is 0.150. The van der Waals surface area contributed by atoms with Crippen LogP contribution in [0.4, 0.5) is 4.79 Å². The number of carbonyl (C=O) groups is 1. The number of imidazole rings is 1. The lowest BCUT2D eigenvalue weighted by Crippen LogP contribution is -2.43. The zero-order chi connectivity index (χ0) is 16.8. The van der Waals surface area contributed by atoms with Crippen LogP contribution >= 0.6 is 0 Å². The first kappa shape index (κ1) is 16.4. The number of rotatable bonds is 5. The summed E-state index contributed by atoms with van der Waals surface area (Å²) in [6, 6.07) is 3.86. The molecular weight excluding hydrogens is 306 g/mol. The van der Waals surface area contributed by atoms with Crippen molar-refractivity contribution in [2.24, 2.45) is 5.92 Å². The Balaban J connectivity index is 1.47. The molecule has 3 rings (SSSR count). The molecule has 24 heavy (non-hydrogen) atoms. The first-order valence-electron chi connectivity index (χ1n) is 8.33. The van der Waals surface area contributed by atoms with E-state index < -0.39 is 0 Å². The van der Waals surface area contributed by atoms with E-state index in [9.17, 15) is 4.79 Å². The second-order valence-corrected chi connectivity index (χ2v) is 6.22. The van der Waals surface area contributed by atoms with E-state index in [1.54, 1.807) is 18.7 Å². The van der Waals surface area contributed by atoms with Crippen molar-refractivity contribution in [3.8, 4) is 5.82 Å². The molecule has 0 atom stereocenters. The Morgan fingerprint density at radius 1 is 1.29 bits per heavy atom. The highest BCUT2D eigenvalue weighted by atomic mass is 16.3. The summed E-state index contributed by atoms with van der Waals surface area (Å²) in [5, 5.41) is 15.1. The molecule has 2 amide bonds. The van der Waals surface area contributed by atoms with Crippen LogP contribution in [0.2, 0.25) is 0 Å². The number of aliphatic hydroxyl groups is 1. The monoisotopic (exact) mass is 329 g/mol. The van der Waals surface area contributed by atoms with E-state index in [4.69, 9.17) is 5.11 Å². The molecule has 0 saturated heterocycles. The minimum atomic E-state index is -0.150. The maximum Gasteiger partial charge on any atom is 0.315 e. The number of nitrogens with zero attached hydrogens (tertiary/aromatic N) is 3. The van der Waals surface area contributed by atoms with Gasteiger partial charge in [-0.25, -0.2) is 14.8 Å². The van der Waals surface area contributed by atoms with Crippen LogP contribution in [-0.4, -0.2) is 38.3 Å². The summed E-state index contributed by atoms with van der Waals surface area (Å²) < 4.78 is 1.82. The summed E-state index contributed by atoms with van der Waals surface area (Å²) in [7, 11) is 0. The molecule has 7 nitrogen and oxygen atoms in total. The van der Waals surface area contributed by atoms with Crippen molar-refractivity contribution >= 4 is 6.03 Å². The van der Waals surface area contributed by atoms with E-state index in [-0.39, 0.29) is 18.7 Å². The standard InChI is InChI=1S/C17H23N5O2/c23-11-13-1-3-15(4-2-13)21-17(24)20-10-14-5-6-19-16(9-14)22-8-7-18-12-22/h5-9,12-13,15,23H,1-4,10-11H2,(H2,20,21,24). The van der Waals surface area contributed by atoms with Crippen LogP contribution in [0, 0.1) is 5.92 Å². The Morgan fingerprint density at radius 2 is 2.12 bits per heavy atom. The van der Waals surface area contributed by atoms with Gasteiger partial charge in [0.25, 0.3) is 0 Å². The molecule has 0 aromatic carbocycles. The molecule has 2 aromatic heterocycles. The largest absolute Gasteiger partial charge is 0.396 e. The normalized spacial score (nSPS) is 20.5. The number of pyridine rings is 1. The summed E-state index contributed by atoms with van der Waals surface area (Å²) in [4.78, 5) is 20.3. The Bertz CT molecular complexity index is 651. The Labute approximate surface area is 141 Å². The fourth-order valence-corrected chi connectivity index (χ4v) is 3.01.